The van der Waals surface area contributed by atoms with E-state index in [9.17, 15) is 18.0 Å². The van der Waals surface area contributed by atoms with Crippen molar-refractivity contribution < 1.29 is 22.7 Å². The highest BCUT2D eigenvalue weighted by atomic mass is 32.2. The van der Waals surface area contributed by atoms with Crippen LogP contribution >= 0.6 is 0 Å². The molecule has 7 nitrogen and oxygen atoms in total. The molecular weight excluding hydrogens is 428 g/mol. The lowest BCUT2D eigenvalue weighted by molar-refractivity contribution is -0.153. The van der Waals surface area contributed by atoms with Gasteiger partial charge in [-0.15, -0.1) is 0 Å². The summed E-state index contributed by atoms with van der Waals surface area (Å²) in [7, 11) is -3.82. The summed E-state index contributed by atoms with van der Waals surface area (Å²) in [5.74, 6) is -1.37. The van der Waals surface area contributed by atoms with Gasteiger partial charge >= 0.3 is 5.97 Å². The molecule has 8 heteroatoms. The van der Waals surface area contributed by atoms with E-state index in [0.29, 0.717) is 17.7 Å². The van der Waals surface area contributed by atoms with Crippen LogP contribution in [0, 0.1) is 0 Å². The number of hydrogen-bond acceptors (Lipinski definition) is 5. The Balaban J connectivity index is 1.88. The summed E-state index contributed by atoms with van der Waals surface area (Å²) in [6.45, 7) is 4.92. The van der Waals surface area contributed by atoms with Gasteiger partial charge in [-0.3, -0.25) is 14.5 Å². The average Bonchev–Trinajstić information content (AvgIpc) is 2.69. The molecule has 1 N–H and O–H groups in total. The van der Waals surface area contributed by atoms with Crippen molar-refractivity contribution in [2.24, 2.45) is 0 Å². The van der Waals surface area contributed by atoms with Crippen LogP contribution in [0.2, 0.25) is 0 Å². The van der Waals surface area contributed by atoms with Gasteiger partial charge in [-0.1, -0.05) is 60.7 Å². The number of rotatable bonds is 6. The van der Waals surface area contributed by atoms with Crippen LogP contribution in [0.1, 0.15) is 31.9 Å². The second-order valence-corrected chi connectivity index (χ2v) is 10.4. The van der Waals surface area contributed by atoms with E-state index in [2.05, 4.69) is 4.72 Å². The predicted octanol–water partition coefficient (Wildman–Crippen LogP) is 2.96. The van der Waals surface area contributed by atoms with Crippen LogP contribution in [0.15, 0.2) is 66.7 Å². The molecule has 32 heavy (non-hydrogen) atoms. The van der Waals surface area contributed by atoms with E-state index in [1.54, 1.807) is 69.3 Å². The molecule has 0 unspecified atom stereocenters. The van der Waals surface area contributed by atoms with Crippen molar-refractivity contribution in [3.05, 3.63) is 77.9 Å². The lowest BCUT2D eigenvalue weighted by atomic mass is 10.0. The Bertz CT molecular complexity index is 1100. The number of amides is 1. The predicted molar refractivity (Wildman–Crippen MR) is 123 cm³/mol. The summed E-state index contributed by atoms with van der Waals surface area (Å²) in [6.07, 6.45) is 3.78. The molecule has 0 aliphatic carbocycles. The molecule has 0 fully saturated rings. The number of hydrogen-bond donors (Lipinski definition) is 1. The van der Waals surface area contributed by atoms with Crippen LogP contribution in [0.4, 0.5) is 5.69 Å². The number of nitrogens with one attached hydrogen (secondary N) is 1. The highest BCUT2D eigenvalue weighted by molar-refractivity contribution is 7.88. The Morgan fingerprint density at radius 1 is 1.09 bits per heavy atom. The molecule has 2 aromatic carbocycles. The van der Waals surface area contributed by atoms with Crippen LogP contribution in [0.5, 0.6) is 0 Å². The van der Waals surface area contributed by atoms with E-state index in [1.807, 2.05) is 12.1 Å². The number of carbonyl (C=O) groups excluding carboxylic acids is 2. The number of nitrogens with zero attached hydrogens (tertiary/aromatic N) is 1. The first kappa shape index (κ1) is 23.7. The van der Waals surface area contributed by atoms with Gasteiger partial charge in [-0.05, 0) is 44.4 Å². The monoisotopic (exact) mass is 456 g/mol. The second-order valence-electron chi connectivity index (χ2n) is 8.61. The number of carbonyl (C=O) groups is 2. The number of anilines is 1. The molecular formula is C24H28N2O5S. The largest absolute Gasteiger partial charge is 0.459 e. The highest BCUT2D eigenvalue weighted by Gasteiger charge is 2.32. The number of esters is 1. The topological polar surface area (TPSA) is 92.8 Å². The maximum Gasteiger partial charge on any atom is 0.326 e. The van der Waals surface area contributed by atoms with Gasteiger partial charge in [-0.2, -0.15) is 4.72 Å². The van der Waals surface area contributed by atoms with Crippen LogP contribution in [-0.4, -0.2) is 38.5 Å². The minimum Gasteiger partial charge on any atom is -0.459 e. The summed E-state index contributed by atoms with van der Waals surface area (Å²) < 4.78 is 33.4. The number of para-hydroxylation sites is 1. The van der Waals surface area contributed by atoms with E-state index < -0.39 is 33.5 Å². The first-order valence-corrected chi connectivity index (χ1v) is 12.0. The fourth-order valence-corrected chi connectivity index (χ4v) is 4.71. The van der Waals surface area contributed by atoms with Crippen molar-refractivity contribution in [2.45, 2.75) is 44.6 Å². The molecule has 0 saturated heterocycles. The zero-order chi connectivity index (χ0) is 23.4. The molecule has 1 atom stereocenters. The number of allylic oxidation sites excluding steroid dienone is 1. The van der Waals surface area contributed by atoms with Crippen molar-refractivity contribution in [3.63, 3.8) is 0 Å². The number of fused-ring (bicyclic) bond motifs is 1. The van der Waals surface area contributed by atoms with E-state index in [-0.39, 0.29) is 12.3 Å². The quantitative estimate of drug-likeness (QED) is 0.533. The fraction of sp³-hybridized carbons (Fsp3) is 0.333. The molecule has 1 aliphatic rings. The minimum absolute atomic E-state index is 0.256. The summed E-state index contributed by atoms with van der Waals surface area (Å²) in [4.78, 5) is 27.3. The zero-order valence-corrected chi connectivity index (χ0v) is 19.3. The third-order valence-electron chi connectivity index (χ3n) is 4.69. The third kappa shape index (κ3) is 6.51. The smallest absolute Gasteiger partial charge is 0.326 e. The van der Waals surface area contributed by atoms with Gasteiger partial charge in [0.15, 0.2) is 0 Å². The number of benzene rings is 2. The summed E-state index contributed by atoms with van der Waals surface area (Å²) in [5.41, 5.74) is 1.31. The highest BCUT2D eigenvalue weighted by Crippen LogP contribution is 2.25. The van der Waals surface area contributed by atoms with Gasteiger partial charge in [0.25, 0.3) is 0 Å². The SMILES string of the molecule is CC(C)(C)OC(=O)CN1C(=O)[C@@H](NS(=O)(=O)Cc2ccccc2)/C=C\Cc2ccccc21. The van der Waals surface area contributed by atoms with Crippen LogP contribution in [-0.2, 0) is 36.5 Å². The molecule has 0 bridgehead atoms. The summed E-state index contributed by atoms with van der Waals surface area (Å²) in [6, 6.07) is 14.8. The van der Waals surface area contributed by atoms with Gasteiger partial charge in [0.05, 0.1) is 5.75 Å². The van der Waals surface area contributed by atoms with Crippen molar-refractivity contribution in [2.75, 3.05) is 11.4 Å². The molecule has 170 valence electrons. The normalized spacial score (nSPS) is 17.8. The van der Waals surface area contributed by atoms with Crippen molar-refractivity contribution in [1.82, 2.24) is 4.72 Å². The average molecular weight is 457 g/mol. The van der Waals surface area contributed by atoms with E-state index >= 15 is 0 Å². The maximum atomic E-state index is 13.4. The Labute approximate surface area is 189 Å². The van der Waals surface area contributed by atoms with E-state index in [4.69, 9.17) is 4.74 Å². The van der Waals surface area contributed by atoms with Crippen LogP contribution in [0.3, 0.4) is 0 Å². The first-order valence-electron chi connectivity index (χ1n) is 10.4. The number of ether oxygens (including phenoxy) is 1. The van der Waals surface area contributed by atoms with Gasteiger partial charge in [-0.25, -0.2) is 8.42 Å². The summed E-state index contributed by atoms with van der Waals surface area (Å²) >= 11 is 0. The lowest BCUT2D eigenvalue weighted by Crippen LogP contribution is -2.50. The van der Waals surface area contributed by atoms with Crippen molar-refractivity contribution in [1.29, 1.82) is 0 Å². The van der Waals surface area contributed by atoms with E-state index in [1.165, 1.54) is 11.0 Å². The van der Waals surface area contributed by atoms with Crippen LogP contribution < -0.4 is 9.62 Å². The van der Waals surface area contributed by atoms with E-state index in [0.717, 1.165) is 5.56 Å². The molecule has 2 aromatic rings. The van der Waals surface area contributed by atoms with Gasteiger partial charge in [0.2, 0.25) is 15.9 Å². The Hall–Kier alpha value is -2.97. The Morgan fingerprint density at radius 3 is 2.44 bits per heavy atom. The maximum absolute atomic E-state index is 13.4. The lowest BCUT2D eigenvalue weighted by Gasteiger charge is -2.30. The van der Waals surface area contributed by atoms with Crippen molar-refractivity contribution in [3.8, 4) is 0 Å². The fourth-order valence-electron chi connectivity index (χ4n) is 3.43. The van der Waals surface area contributed by atoms with Gasteiger partial charge < -0.3 is 4.74 Å². The minimum atomic E-state index is -3.82. The Morgan fingerprint density at radius 2 is 1.75 bits per heavy atom. The molecule has 0 saturated carbocycles. The number of sulfonamides is 1. The molecule has 0 aromatic heterocycles. The molecule has 1 amide bonds. The zero-order valence-electron chi connectivity index (χ0n) is 18.4. The van der Waals surface area contributed by atoms with Crippen LogP contribution in [0.25, 0.3) is 0 Å². The standard InChI is InChI=1S/C24H28N2O5S/c1-24(2,3)31-22(27)16-26-21-15-8-7-12-19(21)13-9-14-20(23(26)28)25-32(29,30)17-18-10-5-4-6-11-18/h4-12,14-15,20,25H,13,16-17H2,1-3H3/b14-9-/t20-/m0/s1. The molecule has 3 rings (SSSR count). The summed E-state index contributed by atoms with van der Waals surface area (Å²) in [5, 5.41) is 0. The Kier molecular flexibility index (Phi) is 7.16. The molecule has 0 spiro atoms. The second kappa shape index (κ2) is 9.67. The van der Waals surface area contributed by atoms with Gasteiger partial charge in [0.1, 0.15) is 18.2 Å². The molecule has 1 heterocycles. The van der Waals surface area contributed by atoms with Crippen molar-refractivity contribution >= 4 is 27.6 Å². The molecule has 1 aliphatic heterocycles. The first-order chi connectivity index (χ1) is 15.0. The molecule has 0 radical (unpaired) electrons. The third-order valence-corrected chi connectivity index (χ3v) is 6.02. The van der Waals surface area contributed by atoms with Gasteiger partial charge in [0, 0.05) is 5.69 Å².